The molecule has 0 saturated heterocycles. The first-order valence-electron chi connectivity index (χ1n) is 7.57. The van der Waals surface area contributed by atoms with E-state index in [1.165, 1.54) is 19.1 Å². The molecule has 0 N–H and O–H groups in total. The largest absolute Gasteiger partial charge is 0.424 e. The Morgan fingerprint density at radius 1 is 0.889 bits per heavy atom. The van der Waals surface area contributed by atoms with E-state index in [2.05, 4.69) is 4.98 Å². The van der Waals surface area contributed by atoms with E-state index in [1.807, 2.05) is 0 Å². The fourth-order valence-electron chi connectivity index (χ4n) is 2.40. The molecule has 0 fully saturated rings. The van der Waals surface area contributed by atoms with Gasteiger partial charge in [-0.1, -0.05) is 18.2 Å². The number of nitrogens with zero attached hydrogens (tertiary/aromatic N) is 1. The van der Waals surface area contributed by atoms with Gasteiger partial charge in [-0.3, -0.25) is 4.79 Å². The zero-order chi connectivity index (χ0) is 19.7. The Bertz CT molecular complexity index is 1070. The summed E-state index contributed by atoms with van der Waals surface area (Å²) in [4.78, 5) is 15.4. The van der Waals surface area contributed by atoms with Gasteiger partial charge >= 0.3 is 5.97 Å². The number of benzene rings is 2. The van der Waals surface area contributed by atoms with Crippen LogP contribution in [-0.4, -0.2) is 11.0 Å². The number of esters is 1. The van der Waals surface area contributed by atoms with E-state index in [0.29, 0.717) is 10.9 Å². The van der Waals surface area contributed by atoms with Gasteiger partial charge in [0.15, 0.2) is 29.0 Å². The Morgan fingerprint density at radius 3 is 2.15 bits per heavy atom. The van der Waals surface area contributed by atoms with Gasteiger partial charge in [0.05, 0.1) is 11.3 Å². The van der Waals surface area contributed by atoms with Crippen molar-refractivity contribution in [3.63, 3.8) is 0 Å². The molecule has 3 nitrogen and oxygen atoms in total. The molecule has 1 aromatic heterocycles. The van der Waals surface area contributed by atoms with Gasteiger partial charge in [-0.25, -0.2) is 26.9 Å². The molecule has 0 unspecified atom stereocenters. The molecule has 0 atom stereocenters. The number of aromatic nitrogens is 1. The van der Waals surface area contributed by atoms with Crippen molar-refractivity contribution >= 4 is 29.0 Å². The second-order valence-electron chi connectivity index (χ2n) is 5.47. The lowest BCUT2D eigenvalue weighted by Gasteiger charge is -2.06. The summed E-state index contributed by atoms with van der Waals surface area (Å²) in [6.45, 7) is 1.21. The smallest absolute Gasteiger partial charge is 0.308 e. The highest BCUT2D eigenvalue weighted by molar-refractivity contribution is 5.88. The molecular formula is C19H10F5NO2. The van der Waals surface area contributed by atoms with Crippen molar-refractivity contribution in [3.05, 3.63) is 70.7 Å². The van der Waals surface area contributed by atoms with Crippen molar-refractivity contribution in [2.75, 3.05) is 0 Å². The number of carbonyl (C=O) groups excluding carboxylic acids is 1. The maximum absolute atomic E-state index is 13.7. The van der Waals surface area contributed by atoms with Gasteiger partial charge in [0, 0.05) is 12.3 Å². The molecule has 3 aromatic rings. The number of rotatable bonds is 3. The number of halogens is 5. The third kappa shape index (κ3) is 3.51. The minimum atomic E-state index is -2.22. The summed E-state index contributed by atoms with van der Waals surface area (Å²) >= 11 is 0. The van der Waals surface area contributed by atoms with E-state index in [4.69, 9.17) is 4.74 Å². The molecule has 0 spiro atoms. The molecule has 0 aliphatic heterocycles. The van der Waals surface area contributed by atoms with E-state index in [-0.39, 0.29) is 11.4 Å². The lowest BCUT2D eigenvalue weighted by atomic mass is 10.1. The van der Waals surface area contributed by atoms with E-state index in [0.717, 1.165) is 12.2 Å². The fraction of sp³-hybridized carbons (Fsp3) is 0.0526. The number of hydrogen-bond acceptors (Lipinski definition) is 3. The van der Waals surface area contributed by atoms with E-state index >= 15 is 0 Å². The van der Waals surface area contributed by atoms with Crippen molar-refractivity contribution in [2.24, 2.45) is 0 Å². The monoisotopic (exact) mass is 379 g/mol. The van der Waals surface area contributed by atoms with Gasteiger partial charge in [-0.05, 0) is 24.3 Å². The second kappa shape index (κ2) is 7.14. The zero-order valence-electron chi connectivity index (χ0n) is 13.7. The maximum Gasteiger partial charge on any atom is 0.308 e. The van der Waals surface area contributed by atoms with Crippen LogP contribution in [0.4, 0.5) is 22.0 Å². The topological polar surface area (TPSA) is 39.2 Å². The number of ether oxygens (including phenoxy) is 1. The number of hydrogen-bond donors (Lipinski definition) is 0. The number of para-hydroxylation sites is 1. The van der Waals surface area contributed by atoms with E-state index in [1.54, 1.807) is 18.2 Å². The van der Waals surface area contributed by atoms with Gasteiger partial charge in [0.1, 0.15) is 5.52 Å². The fourth-order valence-corrected chi connectivity index (χ4v) is 2.40. The van der Waals surface area contributed by atoms with Crippen LogP contribution in [0.2, 0.25) is 0 Å². The van der Waals surface area contributed by atoms with Crippen LogP contribution in [-0.2, 0) is 4.79 Å². The Kier molecular flexibility index (Phi) is 4.89. The highest BCUT2D eigenvalue weighted by atomic mass is 19.2. The van der Waals surface area contributed by atoms with Crippen molar-refractivity contribution in [2.45, 2.75) is 6.92 Å². The molecule has 8 heteroatoms. The molecule has 27 heavy (non-hydrogen) atoms. The first kappa shape index (κ1) is 18.5. The minimum absolute atomic E-state index is 0.158. The van der Waals surface area contributed by atoms with Crippen LogP contribution in [0.5, 0.6) is 5.75 Å². The van der Waals surface area contributed by atoms with Gasteiger partial charge in [0.25, 0.3) is 0 Å². The highest BCUT2D eigenvalue weighted by Crippen LogP contribution is 2.26. The van der Waals surface area contributed by atoms with Crippen LogP contribution in [0.15, 0.2) is 30.3 Å². The van der Waals surface area contributed by atoms with Crippen molar-refractivity contribution < 1.29 is 31.5 Å². The lowest BCUT2D eigenvalue weighted by molar-refractivity contribution is -0.131. The molecule has 0 aliphatic carbocycles. The van der Waals surface area contributed by atoms with Gasteiger partial charge in [0.2, 0.25) is 5.82 Å². The molecule has 2 aromatic carbocycles. The second-order valence-corrected chi connectivity index (χ2v) is 5.47. The highest BCUT2D eigenvalue weighted by Gasteiger charge is 2.24. The molecule has 0 bridgehead atoms. The quantitative estimate of drug-likeness (QED) is 0.211. The first-order chi connectivity index (χ1) is 12.8. The summed E-state index contributed by atoms with van der Waals surface area (Å²) in [7, 11) is 0. The van der Waals surface area contributed by atoms with Crippen LogP contribution < -0.4 is 4.74 Å². The molecule has 3 rings (SSSR count). The first-order valence-corrected chi connectivity index (χ1v) is 7.57. The maximum atomic E-state index is 13.7. The van der Waals surface area contributed by atoms with Crippen LogP contribution in [0, 0.1) is 29.1 Å². The van der Waals surface area contributed by atoms with Crippen LogP contribution in [0.25, 0.3) is 23.1 Å². The van der Waals surface area contributed by atoms with E-state index in [9.17, 15) is 26.7 Å². The van der Waals surface area contributed by atoms with Crippen LogP contribution >= 0.6 is 0 Å². The Morgan fingerprint density at radius 2 is 1.52 bits per heavy atom. The number of pyridine rings is 1. The van der Waals surface area contributed by atoms with Gasteiger partial charge in [-0.2, -0.15) is 0 Å². The van der Waals surface area contributed by atoms with Crippen LogP contribution in [0.1, 0.15) is 18.2 Å². The molecule has 0 amide bonds. The van der Waals surface area contributed by atoms with Crippen LogP contribution in [0.3, 0.4) is 0 Å². The Labute approximate surface area is 149 Å². The predicted octanol–water partition coefficient (Wildman–Crippen LogP) is 5.03. The van der Waals surface area contributed by atoms with Crippen molar-refractivity contribution in [1.29, 1.82) is 0 Å². The molecule has 0 saturated carbocycles. The molecule has 0 aliphatic rings. The lowest BCUT2D eigenvalue weighted by Crippen LogP contribution is -2.04. The zero-order valence-corrected chi connectivity index (χ0v) is 13.7. The normalized spacial score (nSPS) is 11.3. The third-order valence-corrected chi connectivity index (χ3v) is 3.62. The summed E-state index contributed by atoms with van der Waals surface area (Å²) in [6.07, 6.45) is 1.82. The summed E-state index contributed by atoms with van der Waals surface area (Å²) < 4.78 is 72.1. The van der Waals surface area contributed by atoms with E-state index < -0.39 is 40.6 Å². The predicted molar refractivity (Wildman–Crippen MR) is 88.2 cm³/mol. The Balaban J connectivity index is 2.06. The summed E-state index contributed by atoms with van der Waals surface area (Å²) in [5, 5.41) is 0.627. The van der Waals surface area contributed by atoms with Crippen molar-refractivity contribution in [1.82, 2.24) is 4.98 Å². The molecular weight excluding hydrogens is 369 g/mol. The van der Waals surface area contributed by atoms with Gasteiger partial charge < -0.3 is 4.74 Å². The van der Waals surface area contributed by atoms with Gasteiger partial charge in [-0.15, -0.1) is 0 Å². The number of fused-ring (bicyclic) bond motifs is 1. The minimum Gasteiger partial charge on any atom is -0.424 e. The average molecular weight is 379 g/mol. The third-order valence-electron chi connectivity index (χ3n) is 3.62. The molecule has 138 valence electrons. The number of carbonyl (C=O) groups is 1. The van der Waals surface area contributed by atoms with Crippen molar-refractivity contribution in [3.8, 4) is 5.75 Å². The molecule has 1 heterocycles. The summed E-state index contributed by atoms with van der Waals surface area (Å²) in [6, 6.07) is 7.93. The standard InChI is InChI=1S/C19H10F5NO2/c1-9(26)27-13-4-2-3-10-5-6-11(25-19(10)13)7-8-12-14(20)16(22)18(24)17(23)15(12)21/h2-8H,1H3/b8-7+. The SMILES string of the molecule is CC(=O)Oc1cccc2ccc(/C=C/c3c(F)c(F)c(F)c(F)c3F)nc12. The average Bonchev–Trinajstić information content (AvgIpc) is 2.64. The Hall–Kier alpha value is -3.29. The summed E-state index contributed by atoms with van der Waals surface area (Å²) in [5.74, 6) is -10.6. The summed E-state index contributed by atoms with van der Waals surface area (Å²) in [5.41, 5.74) is -0.625. The molecule has 0 radical (unpaired) electrons.